The normalized spacial score (nSPS) is 11.1. The monoisotopic (exact) mass is 301 g/mol. The van der Waals surface area contributed by atoms with Crippen LogP contribution in [0, 0.1) is 13.8 Å². The lowest BCUT2D eigenvalue weighted by Gasteiger charge is -2.07. The van der Waals surface area contributed by atoms with Gasteiger partial charge in [0.25, 0.3) is 0 Å². The van der Waals surface area contributed by atoms with Crippen LogP contribution in [-0.4, -0.2) is 25.7 Å². The van der Waals surface area contributed by atoms with Crippen LogP contribution < -0.4 is 0 Å². The van der Waals surface area contributed by atoms with E-state index in [0.29, 0.717) is 12.2 Å². The summed E-state index contributed by atoms with van der Waals surface area (Å²) in [4.78, 5) is 11.6. The molecule has 0 aliphatic heterocycles. The maximum atomic E-state index is 10.8. The number of carboxylic acid groups (broad SMARTS) is 1. The molecule has 0 radical (unpaired) electrons. The summed E-state index contributed by atoms with van der Waals surface area (Å²) in [5, 5.41) is 19.1. The maximum Gasteiger partial charge on any atom is 0.303 e. The summed E-state index contributed by atoms with van der Waals surface area (Å²) in [6.45, 7) is 4.14. The van der Waals surface area contributed by atoms with Gasteiger partial charge in [0.2, 0.25) is 4.96 Å². The average molecular weight is 301 g/mol. The zero-order valence-corrected chi connectivity index (χ0v) is 12.6. The third kappa shape index (κ3) is 2.54. The van der Waals surface area contributed by atoms with Gasteiger partial charge in [-0.1, -0.05) is 23.8 Å². The molecule has 0 saturated carbocycles. The summed E-state index contributed by atoms with van der Waals surface area (Å²) >= 11 is 1.52. The number of nitrogens with zero attached hydrogens (tertiary/aromatic N) is 3. The number of carboxylic acids is 1. The molecule has 3 aromatic rings. The number of aliphatic carboxylic acids is 1. The third-order valence-electron chi connectivity index (χ3n) is 3.44. The second-order valence-corrected chi connectivity index (χ2v) is 5.90. The zero-order valence-electron chi connectivity index (χ0n) is 11.8. The highest BCUT2D eigenvalue weighted by atomic mass is 32.1. The van der Waals surface area contributed by atoms with Crippen LogP contribution in [0.25, 0.3) is 16.2 Å². The molecule has 0 unspecified atom stereocenters. The topological polar surface area (TPSA) is 67.5 Å². The van der Waals surface area contributed by atoms with Gasteiger partial charge in [-0.3, -0.25) is 9.20 Å². The number of hydrogen-bond acceptors (Lipinski definition) is 4. The van der Waals surface area contributed by atoms with Crippen molar-refractivity contribution in [2.45, 2.75) is 26.7 Å². The van der Waals surface area contributed by atoms with E-state index in [1.54, 1.807) is 0 Å². The number of aromatic nitrogens is 3. The smallest absolute Gasteiger partial charge is 0.303 e. The molecular weight excluding hydrogens is 286 g/mol. The molecule has 0 spiro atoms. The van der Waals surface area contributed by atoms with Crippen LogP contribution in [0.4, 0.5) is 0 Å². The van der Waals surface area contributed by atoms with Crippen LogP contribution in [-0.2, 0) is 11.2 Å². The summed E-state index contributed by atoms with van der Waals surface area (Å²) in [6, 6.07) is 6.31. The summed E-state index contributed by atoms with van der Waals surface area (Å²) in [5.41, 5.74) is 4.56. The van der Waals surface area contributed by atoms with Gasteiger partial charge in [0, 0.05) is 17.4 Å². The molecule has 0 amide bonds. The van der Waals surface area contributed by atoms with Crippen LogP contribution in [0.3, 0.4) is 0 Å². The Kier molecular flexibility index (Phi) is 3.47. The minimum absolute atomic E-state index is 0.0585. The van der Waals surface area contributed by atoms with E-state index >= 15 is 0 Å². The van der Waals surface area contributed by atoms with E-state index in [2.05, 4.69) is 42.2 Å². The molecule has 108 valence electrons. The predicted octanol–water partition coefficient (Wildman–Crippen LogP) is 3.09. The van der Waals surface area contributed by atoms with Gasteiger partial charge in [0.05, 0.1) is 12.1 Å². The van der Waals surface area contributed by atoms with E-state index in [-0.39, 0.29) is 6.42 Å². The van der Waals surface area contributed by atoms with E-state index in [1.165, 1.54) is 22.5 Å². The van der Waals surface area contributed by atoms with Crippen molar-refractivity contribution in [3.63, 3.8) is 0 Å². The molecule has 0 bridgehead atoms. The van der Waals surface area contributed by atoms with E-state index in [4.69, 9.17) is 5.11 Å². The van der Waals surface area contributed by atoms with Gasteiger partial charge < -0.3 is 5.11 Å². The standard InChI is InChI=1S/C15H15N3O2S/c1-9-3-4-11(10(2)7-9)12-8-21-15-17-16-13(18(12)15)5-6-14(19)20/h3-4,7-8H,5-6H2,1-2H3,(H,19,20). The van der Waals surface area contributed by atoms with Crippen LogP contribution in [0.1, 0.15) is 23.4 Å². The molecule has 6 heteroatoms. The van der Waals surface area contributed by atoms with Crippen LogP contribution in [0.15, 0.2) is 23.6 Å². The molecule has 0 saturated heterocycles. The molecule has 0 aliphatic rings. The first-order chi connectivity index (χ1) is 10.1. The number of thiazole rings is 1. The van der Waals surface area contributed by atoms with Gasteiger partial charge in [-0.15, -0.1) is 21.5 Å². The third-order valence-corrected chi connectivity index (χ3v) is 4.25. The highest BCUT2D eigenvalue weighted by Crippen LogP contribution is 2.29. The van der Waals surface area contributed by atoms with Crippen molar-refractivity contribution in [1.29, 1.82) is 0 Å². The fraction of sp³-hybridized carbons (Fsp3) is 0.267. The molecular formula is C15H15N3O2S. The van der Waals surface area contributed by atoms with E-state index in [0.717, 1.165) is 16.2 Å². The maximum absolute atomic E-state index is 10.8. The summed E-state index contributed by atoms with van der Waals surface area (Å²) in [7, 11) is 0. The van der Waals surface area contributed by atoms with E-state index in [9.17, 15) is 4.79 Å². The Labute approximate surface area is 125 Å². The Morgan fingerprint density at radius 3 is 2.86 bits per heavy atom. The first kappa shape index (κ1) is 13.8. The second-order valence-electron chi connectivity index (χ2n) is 5.07. The Morgan fingerprint density at radius 1 is 1.33 bits per heavy atom. The molecule has 0 fully saturated rings. The molecule has 5 nitrogen and oxygen atoms in total. The molecule has 0 atom stereocenters. The first-order valence-corrected chi connectivity index (χ1v) is 7.55. The molecule has 1 N–H and O–H groups in total. The lowest BCUT2D eigenvalue weighted by atomic mass is 10.0. The molecule has 2 aromatic heterocycles. The molecule has 0 aliphatic carbocycles. The number of rotatable bonds is 4. The van der Waals surface area contributed by atoms with Crippen molar-refractivity contribution in [2.24, 2.45) is 0 Å². The van der Waals surface area contributed by atoms with Crippen LogP contribution in [0.2, 0.25) is 0 Å². The minimum Gasteiger partial charge on any atom is -0.481 e. The molecule has 21 heavy (non-hydrogen) atoms. The molecule has 1 aromatic carbocycles. The summed E-state index contributed by atoms with van der Waals surface area (Å²) < 4.78 is 1.96. The quantitative estimate of drug-likeness (QED) is 0.804. The van der Waals surface area contributed by atoms with E-state index < -0.39 is 5.97 Å². The Hall–Kier alpha value is -2.21. The minimum atomic E-state index is -0.824. The zero-order chi connectivity index (χ0) is 15.0. The highest BCUT2D eigenvalue weighted by Gasteiger charge is 2.15. The molecule has 2 heterocycles. The Balaban J connectivity index is 2.10. The lowest BCUT2D eigenvalue weighted by molar-refractivity contribution is -0.137. The van der Waals surface area contributed by atoms with Crippen molar-refractivity contribution in [2.75, 3.05) is 0 Å². The SMILES string of the molecule is Cc1ccc(-c2csc3nnc(CCC(=O)O)n23)c(C)c1. The fourth-order valence-corrected chi connectivity index (χ4v) is 3.29. The lowest BCUT2D eigenvalue weighted by Crippen LogP contribution is -2.02. The number of aryl methyl sites for hydroxylation is 3. The van der Waals surface area contributed by atoms with Crippen molar-refractivity contribution < 1.29 is 9.90 Å². The van der Waals surface area contributed by atoms with Crippen LogP contribution in [0.5, 0.6) is 0 Å². The van der Waals surface area contributed by atoms with Gasteiger partial charge in [-0.25, -0.2) is 0 Å². The predicted molar refractivity (Wildman–Crippen MR) is 81.7 cm³/mol. The fourth-order valence-electron chi connectivity index (χ4n) is 2.45. The number of fused-ring (bicyclic) bond motifs is 1. The van der Waals surface area contributed by atoms with Gasteiger partial charge in [0.15, 0.2) is 0 Å². The number of carbonyl (C=O) groups is 1. The number of benzene rings is 1. The Morgan fingerprint density at radius 2 is 2.14 bits per heavy atom. The van der Waals surface area contributed by atoms with Crippen molar-refractivity contribution >= 4 is 22.3 Å². The summed E-state index contributed by atoms with van der Waals surface area (Å²) in [5.74, 6) is -0.126. The van der Waals surface area contributed by atoms with E-state index in [1.807, 2.05) is 9.78 Å². The highest BCUT2D eigenvalue weighted by molar-refractivity contribution is 7.15. The number of hydrogen-bond donors (Lipinski definition) is 1. The van der Waals surface area contributed by atoms with Gasteiger partial charge >= 0.3 is 5.97 Å². The summed E-state index contributed by atoms with van der Waals surface area (Å²) in [6.07, 6.45) is 0.439. The van der Waals surface area contributed by atoms with Gasteiger partial charge in [-0.2, -0.15) is 0 Å². The molecule has 3 rings (SSSR count). The van der Waals surface area contributed by atoms with Crippen molar-refractivity contribution in [3.8, 4) is 11.3 Å². The van der Waals surface area contributed by atoms with Crippen molar-refractivity contribution in [3.05, 3.63) is 40.5 Å². The largest absolute Gasteiger partial charge is 0.481 e. The van der Waals surface area contributed by atoms with Crippen LogP contribution >= 0.6 is 11.3 Å². The first-order valence-electron chi connectivity index (χ1n) is 6.67. The van der Waals surface area contributed by atoms with Gasteiger partial charge in [-0.05, 0) is 19.4 Å². The Bertz CT molecular complexity index is 820. The van der Waals surface area contributed by atoms with Gasteiger partial charge in [0.1, 0.15) is 5.82 Å². The average Bonchev–Trinajstić information content (AvgIpc) is 2.99. The second kappa shape index (κ2) is 5.29. The van der Waals surface area contributed by atoms with Crippen molar-refractivity contribution in [1.82, 2.24) is 14.6 Å².